The zero-order valence-electron chi connectivity index (χ0n) is 5.14. The summed E-state index contributed by atoms with van der Waals surface area (Å²) in [4.78, 5) is 0. The van der Waals surface area contributed by atoms with E-state index in [1.54, 1.807) is 0 Å². The molecule has 0 aliphatic carbocycles. The third-order valence-electron chi connectivity index (χ3n) is 0.591. The second kappa shape index (κ2) is 8.92. The van der Waals surface area contributed by atoms with Crippen molar-refractivity contribution < 1.29 is 13.6 Å². The molecule has 0 bridgehead atoms. The summed E-state index contributed by atoms with van der Waals surface area (Å²) in [5.41, 5.74) is 0. The molecule has 0 heterocycles. The van der Waals surface area contributed by atoms with Crippen molar-refractivity contribution in [2.75, 3.05) is 13.7 Å². The maximum Gasteiger partial charge on any atom is 0.318 e. The van der Waals surface area contributed by atoms with Crippen molar-refractivity contribution in [2.45, 2.75) is 13.3 Å². The number of hydrogen-bond acceptors (Lipinski definition) is 3. The lowest BCUT2D eigenvalue weighted by atomic mass is 10.5. The summed E-state index contributed by atoms with van der Waals surface area (Å²) < 4.78 is 19.4. The van der Waals surface area contributed by atoms with Crippen molar-refractivity contribution in [3.8, 4) is 0 Å². The second-order valence-corrected chi connectivity index (χ2v) is 2.50. The molecule has 5 heteroatoms. The molecule has 1 atom stereocenters. The van der Waals surface area contributed by atoms with Crippen LogP contribution in [0.5, 0.6) is 0 Å². The van der Waals surface area contributed by atoms with Gasteiger partial charge >= 0.3 is 31.3 Å². The van der Waals surface area contributed by atoms with Crippen molar-refractivity contribution in [3.63, 3.8) is 0 Å². The third-order valence-corrected chi connectivity index (χ3v) is 1.36. The summed E-state index contributed by atoms with van der Waals surface area (Å²) in [6, 6.07) is 0. The van der Waals surface area contributed by atoms with Crippen molar-refractivity contribution in [1.29, 1.82) is 0 Å². The predicted molar refractivity (Wildman–Crippen MR) is 40.8 cm³/mol. The van der Waals surface area contributed by atoms with Crippen molar-refractivity contribution >= 4 is 31.3 Å². The molecule has 3 nitrogen and oxygen atoms in total. The van der Waals surface area contributed by atoms with E-state index in [-0.39, 0.29) is 23.1 Å². The van der Waals surface area contributed by atoms with Crippen LogP contribution in [0.2, 0.25) is 0 Å². The van der Waals surface area contributed by atoms with Gasteiger partial charge in [-0.05, 0) is 6.42 Å². The van der Waals surface area contributed by atoms with Crippen LogP contribution in [0.3, 0.4) is 0 Å². The molecule has 0 rings (SSSR count). The van der Waals surface area contributed by atoms with Gasteiger partial charge in [-0.1, -0.05) is 6.92 Å². The Labute approximate surface area is 72.2 Å². The minimum Gasteiger partial charge on any atom is -0.314 e. The number of rotatable bonds is 4. The Bertz CT molecular complexity index is 78.2. The highest BCUT2D eigenvalue weighted by atomic mass is 31.1. The van der Waals surface area contributed by atoms with E-state index in [0.717, 1.165) is 6.42 Å². The monoisotopic (exact) mass is 164 g/mol. The molecule has 0 saturated heterocycles. The van der Waals surface area contributed by atoms with Gasteiger partial charge in [0.15, 0.2) is 0 Å². The van der Waals surface area contributed by atoms with Gasteiger partial charge in [-0.25, -0.2) is 0 Å². The Morgan fingerprint density at radius 3 is 2.44 bits per heavy atom. The van der Waals surface area contributed by atoms with Crippen molar-refractivity contribution in [1.82, 2.24) is 0 Å². The lowest BCUT2D eigenvalue weighted by molar-refractivity contribution is 0.256. The first-order valence-corrected chi connectivity index (χ1v) is 3.74. The lowest BCUT2D eigenvalue weighted by Gasteiger charge is -1.96. The smallest absolute Gasteiger partial charge is 0.314 e. The van der Waals surface area contributed by atoms with Gasteiger partial charge in [-0.15, -0.1) is 0 Å². The molecule has 0 aliphatic heterocycles. The lowest BCUT2D eigenvalue weighted by Crippen LogP contribution is -1.82. The van der Waals surface area contributed by atoms with Gasteiger partial charge in [0.05, 0.1) is 6.61 Å². The SMILES string of the molecule is CCCO[PH](=O)OC.[MgH2]. The van der Waals surface area contributed by atoms with E-state index in [1.807, 2.05) is 6.92 Å². The van der Waals surface area contributed by atoms with Crippen LogP contribution in [0.25, 0.3) is 0 Å². The first-order valence-electron chi connectivity index (χ1n) is 2.52. The summed E-state index contributed by atoms with van der Waals surface area (Å²) in [6.45, 7) is 2.47. The standard InChI is InChI=1S/C4H11O3P.Mg.2H/c1-3-4-7-8(5)6-2;;;/h8H,3-4H2,1-2H3;;;. The Balaban J connectivity index is 0. The maximum absolute atomic E-state index is 10.3. The van der Waals surface area contributed by atoms with E-state index in [9.17, 15) is 4.57 Å². The highest BCUT2D eigenvalue weighted by Gasteiger charge is 1.90. The van der Waals surface area contributed by atoms with Crippen molar-refractivity contribution in [2.24, 2.45) is 0 Å². The number of hydrogen-bond donors (Lipinski definition) is 0. The van der Waals surface area contributed by atoms with E-state index in [1.165, 1.54) is 7.11 Å². The molecule has 0 fully saturated rings. The molecule has 0 N–H and O–H groups in total. The molecule has 54 valence electrons. The highest BCUT2D eigenvalue weighted by Crippen LogP contribution is 2.20. The summed E-state index contributed by atoms with van der Waals surface area (Å²) in [5, 5.41) is 0. The summed E-state index contributed by atoms with van der Waals surface area (Å²) >= 11 is 0. The average molecular weight is 164 g/mol. The zero-order chi connectivity index (χ0) is 6.41. The van der Waals surface area contributed by atoms with Crippen LogP contribution in [-0.4, -0.2) is 36.8 Å². The Morgan fingerprint density at radius 2 is 2.11 bits per heavy atom. The van der Waals surface area contributed by atoms with E-state index in [4.69, 9.17) is 0 Å². The molecular formula is C4H13MgO3P. The summed E-state index contributed by atoms with van der Waals surface area (Å²) in [7, 11) is -0.770. The molecule has 0 aromatic rings. The molecule has 0 aliphatic rings. The Morgan fingerprint density at radius 1 is 1.56 bits per heavy atom. The van der Waals surface area contributed by atoms with Crippen LogP contribution in [0.1, 0.15) is 13.3 Å². The molecular weight excluding hydrogens is 151 g/mol. The first-order chi connectivity index (χ1) is 3.81. The first kappa shape index (κ1) is 12.6. The van der Waals surface area contributed by atoms with Gasteiger partial charge in [-0.3, -0.25) is 4.57 Å². The normalized spacial score (nSPS) is 12.2. The quantitative estimate of drug-likeness (QED) is 0.449. The van der Waals surface area contributed by atoms with E-state index >= 15 is 0 Å². The second-order valence-electron chi connectivity index (χ2n) is 1.30. The zero-order valence-corrected chi connectivity index (χ0v) is 6.14. The van der Waals surface area contributed by atoms with Gasteiger partial charge in [0.2, 0.25) is 0 Å². The molecule has 0 aromatic heterocycles. The molecule has 0 saturated carbocycles. The van der Waals surface area contributed by atoms with Crippen molar-refractivity contribution in [3.05, 3.63) is 0 Å². The van der Waals surface area contributed by atoms with Crippen LogP contribution in [0, 0.1) is 0 Å². The van der Waals surface area contributed by atoms with Crippen LogP contribution in [-0.2, 0) is 13.6 Å². The summed E-state index contributed by atoms with van der Waals surface area (Å²) in [5.74, 6) is 0. The highest BCUT2D eigenvalue weighted by molar-refractivity contribution is 7.33. The minimum atomic E-state index is -2.14. The van der Waals surface area contributed by atoms with E-state index in [2.05, 4.69) is 9.05 Å². The van der Waals surface area contributed by atoms with Crippen LogP contribution in [0.4, 0.5) is 0 Å². The molecule has 0 spiro atoms. The fourth-order valence-corrected chi connectivity index (χ4v) is 0.733. The third kappa shape index (κ3) is 8.92. The van der Waals surface area contributed by atoms with Gasteiger partial charge in [0.1, 0.15) is 0 Å². The van der Waals surface area contributed by atoms with Gasteiger partial charge < -0.3 is 9.05 Å². The average Bonchev–Trinajstić information content (AvgIpc) is 1.83. The summed E-state index contributed by atoms with van der Waals surface area (Å²) in [6.07, 6.45) is 0.875. The van der Waals surface area contributed by atoms with Gasteiger partial charge in [-0.2, -0.15) is 0 Å². The molecule has 0 amide bonds. The molecule has 0 radical (unpaired) electrons. The van der Waals surface area contributed by atoms with E-state index < -0.39 is 8.25 Å². The van der Waals surface area contributed by atoms with Crippen LogP contribution >= 0.6 is 8.25 Å². The van der Waals surface area contributed by atoms with E-state index in [0.29, 0.717) is 6.61 Å². The van der Waals surface area contributed by atoms with Crippen LogP contribution in [0.15, 0.2) is 0 Å². The maximum atomic E-state index is 10.3. The van der Waals surface area contributed by atoms with Crippen LogP contribution < -0.4 is 0 Å². The fourth-order valence-electron chi connectivity index (χ4n) is 0.244. The van der Waals surface area contributed by atoms with Gasteiger partial charge in [0.25, 0.3) is 0 Å². The molecule has 0 aromatic carbocycles. The minimum absolute atomic E-state index is 0. The Hall–Kier alpha value is 0.916. The predicted octanol–water partition coefficient (Wildman–Crippen LogP) is 0.533. The Kier molecular flexibility index (Phi) is 12.5. The van der Waals surface area contributed by atoms with Gasteiger partial charge in [0, 0.05) is 7.11 Å². The molecule has 9 heavy (non-hydrogen) atoms. The fraction of sp³-hybridized carbons (Fsp3) is 1.00. The molecule has 1 unspecified atom stereocenters. The topological polar surface area (TPSA) is 35.5 Å². The largest absolute Gasteiger partial charge is 0.318 e.